The molecule has 1 aromatic carbocycles. The predicted molar refractivity (Wildman–Crippen MR) is 64.6 cm³/mol. The van der Waals surface area contributed by atoms with E-state index in [1.807, 2.05) is 6.92 Å². The van der Waals surface area contributed by atoms with Gasteiger partial charge in [-0.15, -0.1) is 0 Å². The first-order valence-electron chi connectivity index (χ1n) is 5.82. The van der Waals surface area contributed by atoms with E-state index in [0.29, 0.717) is 12.1 Å². The predicted octanol–water partition coefficient (Wildman–Crippen LogP) is 2.76. The van der Waals surface area contributed by atoms with Gasteiger partial charge in [0.1, 0.15) is 5.82 Å². The second kappa shape index (κ2) is 6.35. The summed E-state index contributed by atoms with van der Waals surface area (Å²) in [5.74, 6) is -1.59. The van der Waals surface area contributed by atoms with E-state index in [2.05, 4.69) is 11.8 Å². The molecular weight excluding hydrogens is 221 g/mol. The molecule has 0 unspecified atom stereocenters. The van der Waals surface area contributed by atoms with Crippen LogP contribution in [0.3, 0.4) is 0 Å². The van der Waals surface area contributed by atoms with Gasteiger partial charge >= 0.3 is 5.97 Å². The van der Waals surface area contributed by atoms with Gasteiger partial charge in [0.05, 0.1) is 5.56 Å². The number of aromatic carboxylic acids is 1. The van der Waals surface area contributed by atoms with Gasteiger partial charge in [-0.3, -0.25) is 4.90 Å². The second-order valence-corrected chi connectivity index (χ2v) is 4.02. The van der Waals surface area contributed by atoms with Gasteiger partial charge in [-0.2, -0.15) is 0 Å². The Labute approximate surface area is 101 Å². The van der Waals surface area contributed by atoms with Crippen LogP contribution in [-0.4, -0.2) is 29.1 Å². The van der Waals surface area contributed by atoms with Gasteiger partial charge in [-0.25, -0.2) is 9.18 Å². The second-order valence-electron chi connectivity index (χ2n) is 4.02. The van der Waals surface area contributed by atoms with Gasteiger partial charge in [0.2, 0.25) is 0 Å². The number of carboxylic acid groups (broad SMARTS) is 1. The van der Waals surface area contributed by atoms with Crippen LogP contribution in [0.25, 0.3) is 0 Å². The van der Waals surface area contributed by atoms with Crippen LogP contribution in [0.2, 0.25) is 0 Å². The SMILES string of the molecule is CCCN(CC)Cc1cc(F)cc(C(=O)O)c1. The summed E-state index contributed by atoms with van der Waals surface area (Å²) in [6.45, 7) is 6.49. The van der Waals surface area contributed by atoms with E-state index in [4.69, 9.17) is 5.11 Å². The van der Waals surface area contributed by atoms with E-state index in [1.54, 1.807) is 0 Å². The average molecular weight is 239 g/mol. The Hall–Kier alpha value is -1.42. The lowest BCUT2D eigenvalue weighted by Gasteiger charge is -2.19. The molecule has 0 saturated heterocycles. The Morgan fingerprint density at radius 3 is 2.59 bits per heavy atom. The summed E-state index contributed by atoms with van der Waals surface area (Å²) in [7, 11) is 0. The molecular formula is C13H18FNO2. The van der Waals surface area contributed by atoms with Crippen LogP contribution in [-0.2, 0) is 6.54 Å². The molecule has 4 heteroatoms. The van der Waals surface area contributed by atoms with E-state index in [9.17, 15) is 9.18 Å². The van der Waals surface area contributed by atoms with Crippen molar-refractivity contribution in [3.8, 4) is 0 Å². The Morgan fingerprint density at radius 2 is 2.06 bits per heavy atom. The Bertz CT molecular complexity index is 393. The van der Waals surface area contributed by atoms with Gasteiger partial charge < -0.3 is 5.11 Å². The number of carboxylic acids is 1. The van der Waals surface area contributed by atoms with Crippen molar-refractivity contribution in [3.05, 3.63) is 35.1 Å². The first-order valence-corrected chi connectivity index (χ1v) is 5.82. The minimum atomic E-state index is -1.09. The van der Waals surface area contributed by atoms with Crippen molar-refractivity contribution in [2.45, 2.75) is 26.8 Å². The van der Waals surface area contributed by atoms with Crippen LogP contribution in [0.4, 0.5) is 4.39 Å². The van der Waals surface area contributed by atoms with Crippen LogP contribution in [0, 0.1) is 5.82 Å². The first-order chi connectivity index (χ1) is 8.06. The highest BCUT2D eigenvalue weighted by Gasteiger charge is 2.09. The van der Waals surface area contributed by atoms with Gasteiger partial charge in [-0.1, -0.05) is 13.8 Å². The summed E-state index contributed by atoms with van der Waals surface area (Å²) in [6.07, 6.45) is 1.02. The Morgan fingerprint density at radius 1 is 1.35 bits per heavy atom. The molecule has 0 aliphatic rings. The molecule has 0 aliphatic heterocycles. The lowest BCUT2D eigenvalue weighted by Crippen LogP contribution is -2.23. The lowest BCUT2D eigenvalue weighted by atomic mass is 10.1. The van der Waals surface area contributed by atoms with Crippen LogP contribution in [0.15, 0.2) is 18.2 Å². The van der Waals surface area contributed by atoms with E-state index >= 15 is 0 Å². The van der Waals surface area contributed by atoms with Gasteiger partial charge in [0.15, 0.2) is 0 Å². The third-order valence-electron chi connectivity index (χ3n) is 2.60. The maximum atomic E-state index is 13.2. The van der Waals surface area contributed by atoms with Gasteiger partial charge in [0.25, 0.3) is 0 Å². The molecule has 0 aliphatic carbocycles. The molecule has 0 saturated carbocycles. The maximum absolute atomic E-state index is 13.2. The lowest BCUT2D eigenvalue weighted by molar-refractivity contribution is 0.0696. The fraction of sp³-hybridized carbons (Fsp3) is 0.462. The molecule has 1 aromatic rings. The molecule has 1 N–H and O–H groups in total. The van der Waals surface area contributed by atoms with Crippen LogP contribution in [0.5, 0.6) is 0 Å². The third kappa shape index (κ3) is 4.15. The zero-order chi connectivity index (χ0) is 12.8. The quantitative estimate of drug-likeness (QED) is 0.829. The molecule has 0 bridgehead atoms. The minimum Gasteiger partial charge on any atom is -0.478 e. The smallest absolute Gasteiger partial charge is 0.335 e. The summed E-state index contributed by atoms with van der Waals surface area (Å²) >= 11 is 0. The van der Waals surface area contributed by atoms with Crippen molar-refractivity contribution in [2.75, 3.05) is 13.1 Å². The number of nitrogens with zero attached hydrogens (tertiary/aromatic N) is 1. The highest BCUT2D eigenvalue weighted by atomic mass is 19.1. The van der Waals surface area contributed by atoms with E-state index in [0.717, 1.165) is 25.6 Å². The number of carbonyl (C=O) groups is 1. The highest BCUT2D eigenvalue weighted by Crippen LogP contribution is 2.12. The summed E-state index contributed by atoms with van der Waals surface area (Å²) in [6, 6.07) is 3.97. The van der Waals surface area contributed by atoms with Crippen LogP contribution in [0.1, 0.15) is 36.2 Å². The first kappa shape index (κ1) is 13.6. The highest BCUT2D eigenvalue weighted by molar-refractivity contribution is 5.87. The van der Waals surface area contributed by atoms with Gasteiger partial charge in [-0.05, 0) is 43.3 Å². The molecule has 0 amide bonds. The van der Waals surface area contributed by atoms with Crippen molar-refractivity contribution in [1.29, 1.82) is 0 Å². The summed E-state index contributed by atoms with van der Waals surface area (Å²) < 4.78 is 13.2. The van der Waals surface area contributed by atoms with Crippen molar-refractivity contribution in [2.24, 2.45) is 0 Å². The van der Waals surface area contributed by atoms with Crippen molar-refractivity contribution >= 4 is 5.97 Å². The summed E-state index contributed by atoms with van der Waals surface area (Å²) in [4.78, 5) is 13.0. The molecule has 94 valence electrons. The fourth-order valence-electron chi connectivity index (χ4n) is 1.79. The number of rotatable bonds is 6. The largest absolute Gasteiger partial charge is 0.478 e. The molecule has 0 atom stereocenters. The monoisotopic (exact) mass is 239 g/mol. The van der Waals surface area contributed by atoms with Crippen molar-refractivity contribution < 1.29 is 14.3 Å². The third-order valence-corrected chi connectivity index (χ3v) is 2.60. The molecule has 0 radical (unpaired) electrons. The maximum Gasteiger partial charge on any atom is 0.335 e. The number of hydrogen-bond acceptors (Lipinski definition) is 2. The molecule has 3 nitrogen and oxygen atoms in total. The van der Waals surface area contributed by atoms with Crippen molar-refractivity contribution in [1.82, 2.24) is 4.90 Å². The Kier molecular flexibility index (Phi) is 5.10. The molecule has 0 aromatic heterocycles. The Balaban J connectivity index is 2.86. The number of benzene rings is 1. The normalized spacial score (nSPS) is 10.8. The summed E-state index contributed by atoms with van der Waals surface area (Å²) in [5.41, 5.74) is 0.713. The summed E-state index contributed by atoms with van der Waals surface area (Å²) in [5, 5.41) is 8.85. The molecule has 0 spiro atoms. The topological polar surface area (TPSA) is 40.5 Å². The molecule has 0 heterocycles. The van der Waals surface area contributed by atoms with Crippen LogP contribution >= 0.6 is 0 Å². The molecule has 17 heavy (non-hydrogen) atoms. The van der Waals surface area contributed by atoms with Crippen molar-refractivity contribution in [3.63, 3.8) is 0 Å². The van der Waals surface area contributed by atoms with Crippen LogP contribution < -0.4 is 0 Å². The standard InChI is InChI=1S/C13H18FNO2/c1-3-5-15(4-2)9-10-6-11(13(16)17)8-12(14)7-10/h6-8H,3-5,9H2,1-2H3,(H,16,17). The molecule has 1 rings (SSSR count). The fourth-order valence-corrected chi connectivity index (χ4v) is 1.79. The number of hydrogen-bond donors (Lipinski definition) is 1. The van der Waals surface area contributed by atoms with E-state index in [-0.39, 0.29) is 5.56 Å². The average Bonchev–Trinajstić information content (AvgIpc) is 2.27. The zero-order valence-corrected chi connectivity index (χ0v) is 10.2. The zero-order valence-electron chi connectivity index (χ0n) is 10.2. The van der Waals surface area contributed by atoms with Gasteiger partial charge in [0, 0.05) is 6.54 Å². The number of halogens is 1. The molecule has 0 fully saturated rings. The van der Waals surface area contributed by atoms with E-state index < -0.39 is 11.8 Å². The van der Waals surface area contributed by atoms with E-state index in [1.165, 1.54) is 12.1 Å². The minimum absolute atomic E-state index is 0.00699.